The highest BCUT2D eigenvalue weighted by atomic mass is 16.5. The molecule has 1 N–H and O–H groups in total. The number of carbonyl (C=O) groups is 1. The molecule has 0 amide bonds. The van der Waals surface area contributed by atoms with Crippen LogP contribution in [0.3, 0.4) is 0 Å². The molecule has 0 radical (unpaired) electrons. The molecule has 1 unspecified atom stereocenters. The Bertz CT molecular complexity index is 606. The summed E-state index contributed by atoms with van der Waals surface area (Å²) in [4.78, 5) is 16.2. The number of esters is 1. The van der Waals surface area contributed by atoms with E-state index in [0.29, 0.717) is 18.0 Å². The van der Waals surface area contributed by atoms with Crippen molar-refractivity contribution in [1.29, 1.82) is 0 Å². The van der Waals surface area contributed by atoms with Crippen molar-refractivity contribution >= 4 is 5.97 Å². The van der Waals surface area contributed by atoms with Gasteiger partial charge in [-0.25, -0.2) is 4.79 Å². The van der Waals surface area contributed by atoms with Gasteiger partial charge in [-0.3, -0.25) is 4.98 Å². The van der Waals surface area contributed by atoms with Gasteiger partial charge in [0, 0.05) is 30.6 Å². The van der Waals surface area contributed by atoms with E-state index in [1.807, 2.05) is 42.9 Å². The summed E-state index contributed by atoms with van der Waals surface area (Å²) in [5.41, 5.74) is -0.0343. The number of ether oxygens (including phenoxy) is 1. The van der Waals surface area contributed by atoms with Crippen LogP contribution in [0.25, 0.3) is 0 Å². The fraction of sp³-hybridized carbons (Fsp3) is 0.375. The zero-order valence-electron chi connectivity index (χ0n) is 12.5. The summed E-state index contributed by atoms with van der Waals surface area (Å²) in [6, 6.07) is 7.15. The van der Waals surface area contributed by atoms with Gasteiger partial charge in [0.15, 0.2) is 11.9 Å². The third kappa shape index (κ3) is 3.70. The SMILES string of the molecule is Cc1ncccc1OC(=O)C(O)C(C)(C)Cn1cccc1. The molecule has 1 atom stereocenters. The number of carbonyl (C=O) groups excluding carboxylic acids is 1. The summed E-state index contributed by atoms with van der Waals surface area (Å²) in [7, 11) is 0. The molecular weight excluding hydrogens is 268 g/mol. The van der Waals surface area contributed by atoms with Crippen molar-refractivity contribution in [2.75, 3.05) is 0 Å². The first kappa shape index (κ1) is 15.3. The summed E-state index contributed by atoms with van der Waals surface area (Å²) in [5, 5.41) is 10.3. The van der Waals surface area contributed by atoms with Gasteiger partial charge < -0.3 is 14.4 Å². The lowest BCUT2D eigenvalue weighted by molar-refractivity contribution is -0.150. The van der Waals surface area contributed by atoms with E-state index < -0.39 is 17.5 Å². The Morgan fingerprint density at radius 1 is 1.38 bits per heavy atom. The van der Waals surface area contributed by atoms with Crippen molar-refractivity contribution in [1.82, 2.24) is 9.55 Å². The van der Waals surface area contributed by atoms with Crippen LogP contribution in [0.1, 0.15) is 19.5 Å². The molecule has 0 aliphatic heterocycles. The molecule has 0 saturated heterocycles. The first-order valence-electron chi connectivity index (χ1n) is 6.82. The molecule has 0 aliphatic rings. The largest absolute Gasteiger partial charge is 0.423 e. The van der Waals surface area contributed by atoms with Crippen molar-refractivity contribution in [3.8, 4) is 5.75 Å². The highest BCUT2D eigenvalue weighted by Crippen LogP contribution is 2.25. The molecule has 2 aromatic heterocycles. The number of rotatable bonds is 5. The Morgan fingerprint density at radius 2 is 2.05 bits per heavy atom. The van der Waals surface area contributed by atoms with Crippen molar-refractivity contribution in [2.24, 2.45) is 5.41 Å². The molecule has 0 saturated carbocycles. The second-order valence-electron chi connectivity index (χ2n) is 5.75. The fourth-order valence-electron chi connectivity index (χ4n) is 2.09. The molecule has 5 heteroatoms. The summed E-state index contributed by atoms with van der Waals surface area (Å²) in [5.74, 6) is -0.290. The number of aliphatic hydroxyl groups excluding tert-OH is 1. The predicted molar refractivity (Wildman–Crippen MR) is 78.8 cm³/mol. The quantitative estimate of drug-likeness (QED) is 0.857. The minimum absolute atomic E-state index is 0.373. The Hall–Kier alpha value is -2.14. The summed E-state index contributed by atoms with van der Waals surface area (Å²) in [6.45, 7) is 5.92. The Kier molecular flexibility index (Phi) is 4.43. The number of hydrogen-bond donors (Lipinski definition) is 1. The smallest absolute Gasteiger partial charge is 0.341 e. The highest BCUT2D eigenvalue weighted by molar-refractivity contribution is 5.78. The van der Waals surface area contributed by atoms with Gasteiger partial charge in [-0.1, -0.05) is 13.8 Å². The lowest BCUT2D eigenvalue weighted by Gasteiger charge is -2.29. The maximum Gasteiger partial charge on any atom is 0.341 e. The predicted octanol–water partition coefficient (Wildman–Crippen LogP) is 2.18. The number of aliphatic hydroxyl groups is 1. The van der Waals surface area contributed by atoms with Crippen molar-refractivity contribution < 1.29 is 14.6 Å². The van der Waals surface area contributed by atoms with E-state index >= 15 is 0 Å². The van der Waals surface area contributed by atoms with Gasteiger partial charge >= 0.3 is 5.97 Å². The van der Waals surface area contributed by atoms with E-state index in [2.05, 4.69) is 4.98 Å². The second kappa shape index (κ2) is 6.10. The molecule has 0 aromatic carbocycles. The molecular formula is C16H20N2O3. The molecule has 0 spiro atoms. The number of pyridine rings is 1. The number of hydrogen-bond acceptors (Lipinski definition) is 4. The normalized spacial score (nSPS) is 13.0. The minimum atomic E-state index is -1.22. The van der Waals surface area contributed by atoms with Gasteiger partial charge in [-0.05, 0) is 31.2 Å². The average molecular weight is 288 g/mol. The molecule has 21 heavy (non-hydrogen) atoms. The van der Waals surface area contributed by atoms with Crippen molar-refractivity contribution in [3.63, 3.8) is 0 Å². The van der Waals surface area contributed by atoms with Crippen LogP contribution in [0.2, 0.25) is 0 Å². The number of aryl methyl sites for hydroxylation is 1. The van der Waals surface area contributed by atoms with Gasteiger partial charge in [0.05, 0.1) is 5.69 Å². The van der Waals surface area contributed by atoms with Crippen LogP contribution in [0, 0.1) is 12.3 Å². The van der Waals surface area contributed by atoms with Gasteiger partial charge in [-0.2, -0.15) is 0 Å². The van der Waals surface area contributed by atoms with E-state index in [0.717, 1.165) is 0 Å². The van der Waals surface area contributed by atoms with Gasteiger partial charge in [0.1, 0.15) is 0 Å². The Morgan fingerprint density at radius 3 is 2.67 bits per heavy atom. The average Bonchev–Trinajstić information content (AvgIpc) is 2.92. The lowest BCUT2D eigenvalue weighted by atomic mass is 9.86. The van der Waals surface area contributed by atoms with Crippen LogP contribution in [-0.2, 0) is 11.3 Å². The molecule has 5 nitrogen and oxygen atoms in total. The minimum Gasteiger partial charge on any atom is -0.423 e. The maximum atomic E-state index is 12.1. The van der Waals surface area contributed by atoms with Gasteiger partial charge in [-0.15, -0.1) is 0 Å². The molecule has 0 aliphatic carbocycles. The topological polar surface area (TPSA) is 64.3 Å². The molecule has 0 fully saturated rings. The van der Waals surface area contributed by atoms with E-state index in [4.69, 9.17) is 4.74 Å². The van der Waals surface area contributed by atoms with Crippen LogP contribution in [0.5, 0.6) is 5.75 Å². The summed E-state index contributed by atoms with van der Waals surface area (Å²) in [6.07, 6.45) is 4.19. The first-order valence-corrected chi connectivity index (χ1v) is 6.82. The van der Waals surface area contributed by atoms with Crippen molar-refractivity contribution in [3.05, 3.63) is 48.5 Å². The van der Waals surface area contributed by atoms with E-state index in [1.54, 1.807) is 25.3 Å². The second-order valence-corrected chi connectivity index (χ2v) is 5.75. The van der Waals surface area contributed by atoms with Crippen LogP contribution in [-0.4, -0.2) is 26.7 Å². The van der Waals surface area contributed by atoms with Gasteiger partial charge in [0.2, 0.25) is 0 Å². The zero-order chi connectivity index (χ0) is 15.5. The molecule has 112 valence electrons. The van der Waals surface area contributed by atoms with Crippen molar-refractivity contribution in [2.45, 2.75) is 33.4 Å². The molecule has 0 bridgehead atoms. The number of aromatic nitrogens is 2. The lowest BCUT2D eigenvalue weighted by Crippen LogP contribution is -2.41. The first-order chi connectivity index (χ1) is 9.90. The van der Waals surface area contributed by atoms with Crippen LogP contribution in [0.15, 0.2) is 42.9 Å². The van der Waals surface area contributed by atoms with Crippen LogP contribution >= 0.6 is 0 Å². The van der Waals surface area contributed by atoms with Crippen LogP contribution < -0.4 is 4.74 Å². The molecule has 2 aromatic rings. The monoisotopic (exact) mass is 288 g/mol. The third-order valence-electron chi connectivity index (χ3n) is 3.39. The molecule has 2 rings (SSSR count). The maximum absolute atomic E-state index is 12.1. The standard InChI is InChI=1S/C16H20N2O3/c1-12-13(7-6-8-17-12)21-15(20)14(19)16(2,3)11-18-9-4-5-10-18/h4-10,14,19H,11H2,1-3H3. The Labute approximate surface area is 124 Å². The molecule has 2 heterocycles. The zero-order valence-corrected chi connectivity index (χ0v) is 12.5. The van der Waals surface area contributed by atoms with E-state index in [-0.39, 0.29) is 0 Å². The van der Waals surface area contributed by atoms with Gasteiger partial charge in [0.25, 0.3) is 0 Å². The summed E-state index contributed by atoms with van der Waals surface area (Å²) >= 11 is 0. The summed E-state index contributed by atoms with van der Waals surface area (Å²) < 4.78 is 7.17. The Balaban J connectivity index is 2.06. The fourth-order valence-corrected chi connectivity index (χ4v) is 2.09. The third-order valence-corrected chi connectivity index (χ3v) is 3.39. The van der Waals surface area contributed by atoms with E-state index in [1.165, 1.54) is 0 Å². The van der Waals surface area contributed by atoms with Crippen LogP contribution in [0.4, 0.5) is 0 Å². The van der Waals surface area contributed by atoms with E-state index in [9.17, 15) is 9.90 Å². The number of nitrogens with zero attached hydrogens (tertiary/aromatic N) is 2. The highest BCUT2D eigenvalue weighted by Gasteiger charge is 2.35.